The molecule has 1 aromatic heterocycles. The van der Waals surface area contributed by atoms with Crippen LogP contribution in [0.5, 0.6) is 0 Å². The van der Waals surface area contributed by atoms with Crippen LogP contribution in [0.4, 0.5) is 5.69 Å². The second-order valence-electron chi connectivity index (χ2n) is 2.42. The number of aliphatic hydroxyl groups excluding tert-OH is 1. The third kappa shape index (κ3) is 2.39. The van der Waals surface area contributed by atoms with Crippen molar-refractivity contribution < 1.29 is 5.11 Å². The molecule has 3 N–H and O–H groups in total. The number of aliphatic hydroxyl groups is 1. The number of nitrogen functional groups attached to an aromatic ring is 1. The van der Waals surface area contributed by atoms with E-state index in [-0.39, 0.29) is 6.61 Å². The predicted octanol–water partition coefficient (Wildman–Crippen LogP) is 1.06. The van der Waals surface area contributed by atoms with Crippen molar-refractivity contribution in [2.75, 3.05) is 18.1 Å². The summed E-state index contributed by atoms with van der Waals surface area (Å²) in [5.41, 5.74) is 7.29. The smallest absolute Gasteiger partial charge is 0.119 e. The van der Waals surface area contributed by atoms with E-state index in [0.717, 1.165) is 10.7 Å². The molecule has 0 aromatic carbocycles. The lowest BCUT2D eigenvalue weighted by molar-refractivity contribution is 0.322. The molecule has 0 amide bonds. The molecule has 0 aliphatic heterocycles. The van der Waals surface area contributed by atoms with Crippen molar-refractivity contribution in [3.63, 3.8) is 0 Å². The lowest BCUT2D eigenvalue weighted by Crippen LogP contribution is -1.95. The van der Waals surface area contributed by atoms with E-state index >= 15 is 0 Å². The molecule has 0 fully saturated rings. The number of thioether (sulfide) groups is 1. The number of anilines is 1. The van der Waals surface area contributed by atoms with E-state index in [1.54, 1.807) is 0 Å². The molecule has 1 aromatic rings. The molecule has 4 heteroatoms. The van der Waals surface area contributed by atoms with Gasteiger partial charge in [0.25, 0.3) is 0 Å². The summed E-state index contributed by atoms with van der Waals surface area (Å²) >= 11 is 1.48. The maximum Gasteiger partial charge on any atom is 0.119 e. The number of rotatable bonds is 3. The molecule has 0 aliphatic rings. The Labute approximate surface area is 76.0 Å². The molecular weight excluding hydrogens is 172 g/mol. The zero-order valence-electron chi connectivity index (χ0n) is 6.95. The van der Waals surface area contributed by atoms with Crippen LogP contribution in [0.15, 0.2) is 17.2 Å². The van der Waals surface area contributed by atoms with Gasteiger partial charge >= 0.3 is 0 Å². The van der Waals surface area contributed by atoms with Crippen molar-refractivity contribution in [1.29, 1.82) is 0 Å². The van der Waals surface area contributed by atoms with Crippen LogP contribution in [0.1, 0.15) is 5.69 Å². The van der Waals surface area contributed by atoms with E-state index in [1.165, 1.54) is 11.8 Å². The largest absolute Gasteiger partial charge is 0.397 e. The van der Waals surface area contributed by atoms with Gasteiger partial charge in [-0.25, -0.2) is 4.98 Å². The van der Waals surface area contributed by atoms with Gasteiger partial charge in [0.2, 0.25) is 0 Å². The summed E-state index contributed by atoms with van der Waals surface area (Å²) in [6.45, 7) is 2.07. The molecule has 12 heavy (non-hydrogen) atoms. The normalized spacial score (nSPS) is 10.2. The maximum absolute atomic E-state index is 8.60. The van der Waals surface area contributed by atoms with Gasteiger partial charge in [-0.05, 0) is 19.1 Å². The second-order valence-corrected chi connectivity index (χ2v) is 3.50. The summed E-state index contributed by atoms with van der Waals surface area (Å²) in [4.78, 5) is 4.24. The van der Waals surface area contributed by atoms with E-state index in [0.29, 0.717) is 11.4 Å². The molecule has 0 saturated heterocycles. The Balaban J connectivity index is 2.75. The molecule has 0 saturated carbocycles. The van der Waals surface area contributed by atoms with Gasteiger partial charge in [-0.1, -0.05) is 0 Å². The van der Waals surface area contributed by atoms with Gasteiger partial charge < -0.3 is 10.8 Å². The van der Waals surface area contributed by atoms with Crippen LogP contribution >= 0.6 is 11.8 Å². The monoisotopic (exact) mass is 184 g/mol. The second kappa shape index (κ2) is 4.33. The minimum atomic E-state index is 0.153. The average molecular weight is 184 g/mol. The Morgan fingerprint density at radius 2 is 2.33 bits per heavy atom. The molecule has 3 nitrogen and oxygen atoms in total. The minimum Gasteiger partial charge on any atom is -0.397 e. The fourth-order valence-electron chi connectivity index (χ4n) is 0.802. The van der Waals surface area contributed by atoms with Crippen LogP contribution in [-0.4, -0.2) is 22.5 Å². The fourth-order valence-corrected chi connectivity index (χ4v) is 1.53. The van der Waals surface area contributed by atoms with E-state index in [9.17, 15) is 0 Å². The molecule has 1 heterocycles. The van der Waals surface area contributed by atoms with Gasteiger partial charge in [0, 0.05) is 11.4 Å². The average Bonchev–Trinajstić information content (AvgIpc) is 2.07. The van der Waals surface area contributed by atoms with E-state index in [4.69, 9.17) is 10.8 Å². The molecule has 1 rings (SSSR count). The SMILES string of the molecule is Cc1ccc(N)c(SCCO)n1. The number of aromatic nitrogens is 1. The minimum absolute atomic E-state index is 0.153. The molecule has 0 spiro atoms. The van der Waals surface area contributed by atoms with Crippen LogP contribution in [0, 0.1) is 6.92 Å². The number of aryl methyl sites for hydroxylation is 1. The van der Waals surface area contributed by atoms with Gasteiger partial charge in [-0.3, -0.25) is 0 Å². The zero-order valence-corrected chi connectivity index (χ0v) is 7.77. The first-order valence-corrected chi connectivity index (χ1v) is 4.69. The number of pyridine rings is 1. The highest BCUT2D eigenvalue weighted by Crippen LogP contribution is 2.21. The molecular formula is C8H12N2OS. The van der Waals surface area contributed by atoms with Crippen molar-refractivity contribution in [3.8, 4) is 0 Å². The van der Waals surface area contributed by atoms with Crippen LogP contribution in [0.25, 0.3) is 0 Å². The van der Waals surface area contributed by atoms with Crippen LogP contribution in [0.3, 0.4) is 0 Å². The Bertz CT molecular complexity index is 265. The summed E-state index contributed by atoms with van der Waals surface area (Å²) < 4.78 is 0. The topological polar surface area (TPSA) is 59.1 Å². The molecule has 66 valence electrons. The van der Waals surface area contributed by atoms with E-state index in [2.05, 4.69) is 4.98 Å². The predicted molar refractivity (Wildman–Crippen MR) is 51.2 cm³/mol. The van der Waals surface area contributed by atoms with E-state index < -0.39 is 0 Å². The number of hydrogen-bond donors (Lipinski definition) is 2. The first-order chi connectivity index (χ1) is 5.74. The number of nitrogens with zero attached hydrogens (tertiary/aromatic N) is 1. The first-order valence-electron chi connectivity index (χ1n) is 3.71. The zero-order chi connectivity index (χ0) is 8.97. The highest BCUT2D eigenvalue weighted by Gasteiger charge is 2.00. The van der Waals surface area contributed by atoms with Gasteiger partial charge in [0.1, 0.15) is 5.03 Å². The molecule has 0 atom stereocenters. The van der Waals surface area contributed by atoms with Crippen molar-refractivity contribution in [1.82, 2.24) is 4.98 Å². The van der Waals surface area contributed by atoms with Crippen LogP contribution in [0.2, 0.25) is 0 Å². The van der Waals surface area contributed by atoms with Crippen molar-refractivity contribution in [2.24, 2.45) is 0 Å². The summed E-state index contributed by atoms with van der Waals surface area (Å²) in [6, 6.07) is 3.71. The lowest BCUT2D eigenvalue weighted by atomic mass is 10.3. The third-order valence-corrected chi connectivity index (χ3v) is 2.35. The van der Waals surface area contributed by atoms with Crippen molar-refractivity contribution in [2.45, 2.75) is 11.9 Å². The van der Waals surface area contributed by atoms with Crippen LogP contribution in [-0.2, 0) is 0 Å². The third-order valence-electron chi connectivity index (χ3n) is 1.36. The van der Waals surface area contributed by atoms with Gasteiger partial charge in [0.15, 0.2) is 0 Å². The Morgan fingerprint density at radius 1 is 1.58 bits per heavy atom. The standard InChI is InChI=1S/C8H12N2OS/c1-6-2-3-7(9)8(10-6)12-5-4-11/h2-3,11H,4-5,9H2,1H3. The summed E-state index contributed by atoms with van der Waals surface area (Å²) in [6.07, 6.45) is 0. The quantitative estimate of drug-likeness (QED) is 0.689. The molecule has 0 aliphatic carbocycles. The summed E-state index contributed by atoms with van der Waals surface area (Å²) in [7, 11) is 0. The molecule has 0 bridgehead atoms. The van der Waals surface area contributed by atoms with Gasteiger partial charge in [0.05, 0.1) is 12.3 Å². The molecule has 0 unspecified atom stereocenters. The number of hydrogen-bond acceptors (Lipinski definition) is 4. The molecule has 0 radical (unpaired) electrons. The lowest BCUT2D eigenvalue weighted by Gasteiger charge is -2.03. The maximum atomic E-state index is 8.60. The Hall–Kier alpha value is -0.740. The summed E-state index contributed by atoms with van der Waals surface area (Å²) in [5, 5.41) is 9.41. The number of nitrogens with two attached hydrogens (primary N) is 1. The Morgan fingerprint density at radius 3 is 3.00 bits per heavy atom. The highest BCUT2D eigenvalue weighted by molar-refractivity contribution is 7.99. The first kappa shape index (κ1) is 9.35. The van der Waals surface area contributed by atoms with Crippen molar-refractivity contribution >= 4 is 17.4 Å². The van der Waals surface area contributed by atoms with Crippen LogP contribution < -0.4 is 5.73 Å². The van der Waals surface area contributed by atoms with E-state index in [1.807, 2.05) is 19.1 Å². The fraction of sp³-hybridized carbons (Fsp3) is 0.375. The van der Waals surface area contributed by atoms with Gasteiger partial charge in [-0.15, -0.1) is 11.8 Å². The van der Waals surface area contributed by atoms with Crippen molar-refractivity contribution in [3.05, 3.63) is 17.8 Å². The highest BCUT2D eigenvalue weighted by atomic mass is 32.2. The van der Waals surface area contributed by atoms with Gasteiger partial charge in [-0.2, -0.15) is 0 Å². The summed E-state index contributed by atoms with van der Waals surface area (Å²) in [5.74, 6) is 0.640. The Kier molecular flexibility index (Phi) is 3.37.